The molecule has 12 aromatic rings. The van der Waals surface area contributed by atoms with Gasteiger partial charge in [0.1, 0.15) is 23.5 Å². The Labute approximate surface area is 455 Å². The molecule has 10 heteroatoms. The first kappa shape index (κ1) is 48.4. The van der Waals surface area contributed by atoms with Gasteiger partial charge in [-0.1, -0.05) is 91.0 Å². The van der Waals surface area contributed by atoms with Crippen LogP contribution in [0.3, 0.4) is 0 Å². The molecule has 0 aliphatic carbocycles. The van der Waals surface area contributed by atoms with Crippen LogP contribution in [0.5, 0.6) is 5.75 Å². The van der Waals surface area contributed by atoms with E-state index in [0.29, 0.717) is 12.6 Å². The van der Waals surface area contributed by atoms with E-state index in [1.54, 1.807) is 7.11 Å². The number of anilines is 1. The monoisotopic (exact) mass is 1180 g/mol. The van der Waals surface area contributed by atoms with Crippen LogP contribution < -0.4 is 9.75 Å². The van der Waals surface area contributed by atoms with Crippen LogP contribution >= 0.6 is 11.3 Å². The molecule has 6 heterocycles. The number of fused-ring (bicyclic) bond motifs is 12. The van der Waals surface area contributed by atoms with Gasteiger partial charge < -0.3 is 28.9 Å². The number of hydrogen-bond donors (Lipinski definition) is 0. The Morgan fingerprint density at radius 2 is 1.44 bits per heavy atom. The van der Waals surface area contributed by atoms with Crippen LogP contribution in [0.1, 0.15) is 42.1 Å². The van der Waals surface area contributed by atoms with Gasteiger partial charge in [0.15, 0.2) is 0 Å². The van der Waals surface area contributed by atoms with E-state index in [1.165, 1.54) is 59.4 Å². The summed E-state index contributed by atoms with van der Waals surface area (Å²) in [6.45, 7) is 7.64. The molecule has 2 unspecified atom stereocenters. The molecule has 0 N–H and O–H groups in total. The maximum Gasteiger partial charge on any atom is 0.135 e. The van der Waals surface area contributed by atoms with Gasteiger partial charge >= 0.3 is 0 Å². The predicted molar refractivity (Wildman–Crippen MR) is 303 cm³/mol. The van der Waals surface area contributed by atoms with E-state index in [-0.39, 0.29) is 27.2 Å². The van der Waals surface area contributed by atoms with Crippen molar-refractivity contribution < 1.29 is 35.0 Å². The summed E-state index contributed by atoms with van der Waals surface area (Å²) in [7, 11) is 1.72. The Hall–Kier alpha value is -7.52. The number of rotatable bonds is 10. The van der Waals surface area contributed by atoms with E-state index in [2.05, 4.69) is 163 Å². The molecule has 8 nitrogen and oxygen atoms in total. The van der Waals surface area contributed by atoms with Crippen molar-refractivity contribution in [2.24, 2.45) is 0 Å². The van der Waals surface area contributed by atoms with Gasteiger partial charge in [0.05, 0.1) is 22.8 Å². The van der Waals surface area contributed by atoms with Gasteiger partial charge in [-0.25, -0.2) is 0 Å². The Bertz CT molecular complexity index is 4040. The second kappa shape index (κ2) is 20.3. The molecule has 1 saturated heterocycles. The molecule has 2 aliphatic heterocycles. The molecular formula is C65H52N5O3PtS-3. The fraction of sp³-hybridized carbons (Fsp3) is 0.154. The van der Waals surface area contributed by atoms with Crippen molar-refractivity contribution in [3.63, 3.8) is 0 Å². The van der Waals surface area contributed by atoms with Crippen molar-refractivity contribution in [1.82, 2.24) is 14.3 Å². The number of benzene rings is 8. The van der Waals surface area contributed by atoms with Crippen LogP contribution in [-0.4, -0.2) is 40.7 Å². The summed E-state index contributed by atoms with van der Waals surface area (Å²) < 4.78 is 21.6. The minimum atomic E-state index is 0. The number of aryl methyl sites for hydroxylation is 1. The zero-order valence-corrected chi connectivity index (χ0v) is 45.1. The van der Waals surface area contributed by atoms with Crippen molar-refractivity contribution in [2.45, 2.75) is 45.8 Å². The Balaban J connectivity index is 0.000000180. The third-order valence-corrected chi connectivity index (χ3v) is 16.0. The van der Waals surface area contributed by atoms with Crippen LogP contribution in [0.2, 0.25) is 0 Å². The summed E-state index contributed by atoms with van der Waals surface area (Å²) in [6.07, 6.45) is 2.10. The van der Waals surface area contributed by atoms with Crippen molar-refractivity contribution >= 4 is 60.8 Å². The Morgan fingerprint density at radius 1 is 0.693 bits per heavy atom. The second-order valence-corrected chi connectivity index (χ2v) is 20.2. The first-order chi connectivity index (χ1) is 36.4. The number of furan rings is 1. The summed E-state index contributed by atoms with van der Waals surface area (Å²) in [5.74, 6) is 0.850. The van der Waals surface area contributed by atoms with Gasteiger partial charge in [-0.15, -0.1) is 29.5 Å². The van der Waals surface area contributed by atoms with Crippen LogP contribution in [0.4, 0.5) is 5.69 Å². The topological polar surface area (TPSA) is 71.7 Å². The van der Waals surface area contributed by atoms with Gasteiger partial charge in [-0.3, -0.25) is 4.68 Å². The molecule has 8 aromatic carbocycles. The van der Waals surface area contributed by atoms with Crippen LogP contribution in [-0.2, 0) is 25.8 Å². The van der Waals surface area contributed by atoms with E-state index in [4.69, 9.17) is 24.4 Å². The smallest absolute Gasteiger partial charge is 0.135 e. The van der Waals surface area contributed by atoms with Crippen molar-refractivity contribution in [1.29, 1.82) is 0 Å². The number of aromatic nitrogens is 3. The fourth-order valence-electron chi connectivity index (χ4n) is 11.0. The SMILES string of the molecule is CCC(COc1ccc(-c2c(C)nn(-c3[c-]cccc3)c2C)cc1)OC.[Pt].[c-]1cccc2c1N1[N-]CCC1c1sc(-c3cccc(-n4c5ccccc5c5cc(-c6ccc7oc8ccccc8c7c6)ccc54)c3)cc1-2. The molecule has 1 fully saturated rings. The van der Waals surface area contributed by atoms with Gasteiger partial charge in [-0.05, 0) is 121 Å². The molecule has 0 spiro atoms. The first-order valence-electron chi connectivity index (χ1n) is 25.4. The third-order valence-electron chi connectivity index (χ3n) is 14.7. The first-order valence-corrected chi connectivity index (χ1v) is 26.2. The van der Waals surface area contributed by atoms with Crippen LogP contribution in [0.25, 0.3) is 104 Å². The Kier molecular flexibility index (Phi) is 13.1. The molecule has 0 bridgehead atoms. The molecule has 0 radical (unpaired) electrons. The summed E-state index contributed by atoms with van der Waals surface area (Å²) in [6, 6.07) is 71.2. The number of nitrogens with zero attached hydrogens (tertiary/aromatic N) is 5. The molecule has 14 rings (SSSR count). The fourth-order valence-corrected chi connectivity index (χ4v) is 12.3. The molecule has 0 amide bonds. The van der Waals surface area contributed by atoms with Crippen molar-refractivity contribution in [3.8, 4) is 60.9 Å². The molecule has 374 valence electrons. The molecule has 4 aromatic heterocycles. The average Bonchev–Trinajstić information content (AvgIpc) is 4.31. The van der Waals surface area contributed by atoms with E-state index in [1.807, 2.05) is 77.5 Å². The summed E-state index contributed by atoms with van der Waals surface area (Å²) in [5, 5.41) is 11.7. The number of hydrogen-bond acceptors (Lipinski definition) is 6. The van der Waals surface area contributed by atoms with Crippen molar-refractivity contribution in [2.75, 3.05) is 25.3 Å². The third kappa shape index (κ3) is 8.68. The quantitative estimate of drug-likeness (QED) is 0.128. The molecular weight excluding hydrogens is 1130 g/mol. The molecule has 0 saturated carbocycles. The van der Waals surface area contributed by atoms with Crippen molar-refractivity contribution in [3.05, 3.63) is 216 Å². The van der Waals surface area contributed by atoms with E-state index in [0.717, 1.165) is 86.7 Å². The zero-order valence-electron chi connectivity index (χ0n) is 42.0. The maximum absolute atomic E-state index is 6.11. The summed E-state index contributed by atoms with van der Waals surface area (Å²) >= 11 is 1.91. The average molecular weight is 1180 g/mol. The molecule has 75 heavy (non-hydrogen) atoms. The summed E-state index contributed by atoms with van der Waals surface area (Å²) in [4.78, 5) is 2.70. The molecule has 2 atom stereocenters. The second-order valence-electron chi connectivity index (χ2n) is 19.1. The van der Waals surface area contributed by atoms with Crippen LogP contribution in [0.15, 0.2) is 186 Å². The molecule has 2 aliphatic rings. The normalized spacial score (nSPS) is 14.1. The largest absolute Gasteiger partial charge is 0.569 e. The maximum atomic E-state index is 6.11. The van der Waals surface area contributed by atoms with E-state index >= 15 is 0 Å². The van der Waals surface area contributed by atoms with E-state index in [9.17, 15) is 0 Å². The number of para-hydroxylation sites is 4. The summed E-state index contributed by atoms with van der Waals surface area (Å²) in [5.41, 5.74) is 22.9. The number of thiophene rings is 1. The Morgan fingerprint density at radius 3 is 2.27 bits per heavy atom. The zero-order chi connectivity index (χ0) is 49.9. The van der Waals surface area contributed by atoms with Crippen LogP contribution in [0, 0.1) is 26.0 Å². The van der Waals surface area contributed by atoms with Gasteiger partial charge in [0.25, 0.3) is 0 Å². The number of methoxy groups -OCH3 is 1. The standard InChI is InChI=1S/C43H27N3OS.C22H25N2O2.Pt/c1-4-13-36-30(10-1)33-23-26(27-17-19-41-34(24-27)32-12-3-6-15-40(32)47-41)16-18-37(33)45(36)29-9-7-8-28(22-29)42-25-35-31-11-2-5-14-38(31)46-39(20-21-44-46)43(35)48-42;1-5-20(25-4)15-26-21-13-11-18(12-14-21)22-16(2)23-24(17(22)3)19-9-7-6-8-10-19;/h1-13,15-19,22-25,39H,20-21H2;6-9,11-14,20H,5,15H2,1-4H3;/q-2;-1;. The number of ether oxygens (including phenoxy) is 2. The minimum absolute atomic E-state index is 0. The van der Waals surface area contributed by atoms with Gasteiger partial charge in [0, 0.05) is 82.5 Å². The minimum Gasteiger partial charge on any atom is -0.569 e. The predicted octanol–water partition coefficient (Wildman–Crippen LogP) is 16.9. The van der Waals surface area contributed by atoms with E-state index < -0.39 is 0 Å². The van der Waals surface area contributed by atoms with Gasteiger partial charge in [-0.2, -0.15) is 53.6 Å². The van der Waals surface area contributed by atoms with Gasteiger partial charge in [0.2, 0.25) is 0 Å².